The second kappa shape index (κ2) is 3.18. The molecule has 2 aromatic rings. The zero-order valence-corrected chi connectivity index (χ0v) is 7.57. The summed E-state index contributed by atoms with van der Waals surface area (Å²) in [6, 6.07) is 3.81. The summed E-state index contributed by atoms with van der Waals surface area (Å²) in [5.74, 6) is 0. The molecule has 0 spiro atoms. The Hall–Kier alpha value is -1.35. The lowest BCUT2D eigenvalue weighted by Gasteiger charge is -1.99. The summed E-state index contributed by atoms with van der Waals surface area (Å²) in [6.45, 7) is 2.17. The maximum absolute atomic E-state index is 8.92. The van der Waals surface area contributed by atoms with E-state index in [0.29, 0.717) is 0 Å². The highest BCUT2D eigenvalue weighted by Gasteiger charge is 2.00. The van der Waals surface area contributed by atoms with Crippen LogP contribution in [0, 0.1) is 0 Å². The number of pyridine rings is 1. The zero-order valence-electron chi connectivity index (χ0n) is 7.57. The zero-order chi connectivity index (χ0) is 9.26. The van der Waals surface area contributed by atoms with Crippen LogP contribution >= 0.6 is 0 Å². The van der Waals surface area contributed by atoms with Crippen molar-refractivity contribution in [1.82, 2.24) is 9.38 Å². The van der Waals surface area contributed by atoms with Crippen molar-refractivity contribution in [3.05, 3.63) is 35.8 Å². The maximum atomic E-state index is 8.92. The van der Waals surface area contributed by atoms with Crippen molar-refractivity contribution in [2.75, 3.05) is 0 Å². The van der Waals surface area contributed by atoms with Crippen molar-refractivity contribution >= 4 is 5.65 Å². The summed E-state index contributed by atoms with van der Waals surface area (Å²) in [4.78, 5) is 4.25. The number of hydrogen-bond donors (Lipinski definition) is 1. The molecule has 0 radical (unpaired) electrons. The third-order valence-electron chi connectivity index (χ3n) is 2.20. The van der Waals surface area contributed by atoms with Gasteiger partial charge in [-0.2, -0.15) is 0 Å². The summed E-state index contributed by atoms with van der Waals surface area (Å²) in [5, 5.41) is 8.92. The van der Waals surface area contributed by atoms with Crippen LogP contribution in [0.4, 0.5) is 0 Å². The molecule has 0 unspecified atom stereocenters. The molecule has 0 aromatic carbocycles. The molecule has 0 aliphatic rings. The molecule has 3 heteroatoms. The van der Waals surface area contributed by atoms with Gasteiger partial charge in [0.25, 0.3) is 0 Å². The van der Waals surface area contributed by atoms with Crippen molar-refractivity contribution in [1.29, 1.82) is 0 Å². The average Bonchev–Trinajstić information content (AvgIpc) is 2.59. The molecule has 0 saturated carbocycles. The summed E-state index contributed by atoms with van der Waals surface area (Å²) >= 11 is 0. The Morgan fingerprint density at radius 1 is 1.54 bits per heavy atom. The molecule has 13 heavy (non-hydrogen) atoms. The Balaban J connectivity index is 2.61. The molecule has 0 bridgehead atoms. The van der Waals surface area contributed by atoms with Crippen molar-refractivity contribution in [2.45, 2.75) is 20.0 Å². The van der Waals surface area contributed by atoms with E-state index in [2.05, 4.69) is 11.9 Å². The number of aliphatic hydroxyl groups excluding tert-OH is 1. The molecule has 0 aliphatic carbocycles. The Labute approximate surface area is 76.7 Å². The Morgan fingerprint density at radius 3 is 3.08 bits per heavy atom. The van der Waals surface area contributed by atoms with E-state index in [1.54, 1.807) is 0 Å². The third-order valence-corrected chi connectivity index (χ3v) is 2.20. The monoisotopic (exact) mass is 176 g/mol. The molecule has 0 atom stereocenters. The van der Waals surface area contributed by atoms with Crippen LogP contribution in [0.5, 0.6) is 0 Å². The van der Waals surface area contributed by atoms with E-state index in [9.17, 15) is 0 Å². The minimum Gasteiger partial charge on any atom is -0.392 e. The van der Waals surface area contributed by atoms with E-state index in [1.807, 2.05) is 28.9 Å². The van der Waals surface area contributed by atoms with Crippen molar-refractivity contribution < 1.29 is 5.11 Å². The van der Waals surface area contributed by atoms with Gasteiger partial charge in [0.05, 0.1) is 6.61 Å². The van der Waals surface area contributed by atoms with Gasteiger partial charge in [-0.15, -0.1) is 0 Å². The van der Waals surface area contributed by atoms with Gasteiger partial charge in [-0.25, -0.2) is 4.98 Å². The first-order valence-corrected chi connectivity index (χ1v) is 4.41. The number of aromatic nitrogens is 2. The lowest BCUT2D eigenvalue weighted by molar-refractivity contribution is 0.282. The first kappa shape index (κ1) is 8.26. The Kier molecular flexibility index (Phi) is 2.02. The highest BCUT2D eigenvalue weighted by Crippen LogP contribution is 2.09. The molecule has 1 N–H and O–H groups in total. The van der Waals surface area contributed by atoms with Gasteiger partial charge in [0.15, 0.2) is 0 Å². The maximum Gasteiger partial charge on any atom is 0.137 e. The Morgan fingerprint density at radius 2 is 2.38 bits per heavy atom. The van der Waals surface area contributed by atoms with Crippen molar-refractivity contribution in [2.24, 2.45) is 0 Å². The smallest absolute Gasteiger partial charge is 0.137 e. The van der Waals surface area contributed by atoms with Crippen molar-refractivity contribution in [3.8, 4) is 0 Å². The summed E-state index contributed by atoms with van der Waals surface area (Å²) in [7, 11) is 0. The topological polar surface area (TPSA) is 37.5 Å². The fourth-order valence-corrected chi connectivity index (χ4v) is 1.44. The van der Waals surface area contributed by atoms with Crippen molar-refractivity contribution in [3.63, 3.8) is 0 Å². The lowest BCUT2D eigenvalue weighted by atomic mass is 10.3. The second-order valence-corrected chi connectivity index (χ2v) is 3.02. The minimum atomic E-state index is 0.0742. The predicted octanol–water partition coefficient (Wildman–Crippen LogP) is 1.39. The highest BCUT2D eigenvalue weighted by molar-refractivity contribution is 5.43. The largest absolute Gasteiger partial charge is 0.392 e. The van der Waals surface area contributed by atoms with E-state index in [1.165, 1.54) is 5.69 Å². The normalized spacial score (nSPS) is 10.9. The van der Waals surface area contributed by atoms with E-state index >= 15 is 0 Å². The van der Waals surface area contributed by atoms with Gasteiger partial charge in [0, 0.05) is 18.1 Å². The van der Waals surface area contributed by atoms with E-state index in [4.69, 9.17) is 5.11 Å². The highest BCUT2D eigenvalue weighted by atomic mass is 16.3. The summed E-state index contributed by atoms with van der Waals surface area (Å²) < 4.78 is 2.04. The minimum absolute atomic E-state index is 0.0742. The van der Waals surface area contributed by atoms with Gasteiger partial charge in [-0.05, 0) is 24.1 Å². The van der Waals surface area contributed by atoms with Gasteiger partial charge in [-0.3, -0.25) is 0 Å². The molecule has 0 fully saturated rings. The van der Waals surface area contributed by atoms with E-state index in [-0.39, 0.29) is 6.61 Å². The SMILES string of the molecule is CCc1cnc2cc(CO)ccn12. The fraction of sp³-hybridized carbons (Fsp3) is 0.300. The Bertz CT molecular complexity index is 420. The predicted molar refractivity (Wildman–Crippen MR) is 50.5 cm³/mol. The molecule has 0 aliphatic heterocycles. The van der Waals surface area contributed by atoms with Gasteiger partial charge in [0.2, 0.25) is 0 Å². The molecule has 2 rings (SSSR count). The number of fused-ring (bicyclic) bond motifs is 1. The molecule has 3 nitrogen and oxygen atoms in total. The lowest BCUT2D eigenvalue weighted by Crippen LogP contribution is -1.92. The number of aryl methyl sites for hydroxylation is 1. The van der Waals surface area contributed by atoms with Gasteiger partial charge >= 0.3 is 0 Å². The average molecular weight is 176 g/mol. The van der Waals surface area contributed by atoms with Crippen LogP contribution in [-0.2, 0) is 13.0 Å². The molecule has 0 amide bonds. The van der Waals surface area contributed by atoms with Crippen LogP contribution in [0.25, 0.3) is 5.65 Å². The molecular formula is C10H12N2O. The van der Waals surface area contributed by atoms with Crippen LogP contribution in [0.3, 0.4) is 0 Å². The molecule has 2 heterocycles. The standard InChI is InChI=1S/C10H12N2O/c1-2-9-6-11-10-5-8(7-13)3-4-12(9)10/h3-6,13H,2,7H2,1H3. The van der Waals surface area contributed by atoms with Crippen LogP contribution in [0.2, 0.25) is 0 Å². The molecule has 2 aromatic heterocycles. The first-order chi connectivity index (χ1) is 6.35. The molecule has 0 saturated heterocycles. The fourth-order valence-electron chi connectivity index (χ4n) is 1.44. The number of nitrogens with zero attached hydrogens (tertiary/aromatic N) is 2. The number of rotatable bonds is 2. The third kappa shape index (κ3) is 1.31. The number of aliphatic hydroxyl groups is 1. The van der Waals surface area contributed by atoms with Crippen LogP contribution in [-0.4, -0.2) is 14.5 Å². The quantitative estimate of drug-likeness (QED) is 0.750. The number of hydrogen-bond acceptors (Lipinski definition) is 2. The molecule has 68 valence electrons. The first-order valence-electron chi connectivity index (χ1n) is 4.41. The van der Waals surface area contributed by atoms with E-state index in [0.717, 1.165) is 17.6 Å². The summed E-state index contributed by atoms with van der Waals surface area (Å²) in [6.07, 6.45) is 4.79. The van der Waals surface area contributed by atoms with Crippen LogP contribution < -0.4 is 0 Å². The van der Waals surface area contributed by atoms with Crippen LogP contribution in [0.1, 0.15) is 18.2 Å². The van der Waals surface area contributed by atoms with Gasteiger partial charge in [0.1, 0.15) is 5.65 Å². The second-order valence-electron chi connectivity index (χ2n) is 3.02. The van der Waals surface area contributed by atoms with Gasteiger partial charge in [-0.1, -0.05) is 6.92 Å². The summed E-state index contributed by atoms with van der Waals surface area (Å²) in [5.41, 5.74) is 3.00. The van der Waals surface area contributed by atoms with E-state index < -0.39 is 0 Å². The van der Waals surface area contributed by atoms with Crippen LogP contribution in [0.15, 0.2) is 24.5 Å². The molecular weight excluding hydrogens is 164 g/mol. The van der Waals surface area contributed by atoms with Gasteiger partial charge < -0.3 is 9.51 Å². The number of imidazole rings is 1.